The van der Waals surface area contributed by atoms with E-state index in [-0.39, 0.29) is 40.7 Å². The Labute approximate surface area is 268 Å². The van der Waals surface area contributed by atoms with Gasteiger partial charge in [0.2, 0.25) is 12.2 Å². The van der Waals surface area contributed by atoms with Crippen LogP contribution in [0.25, 0.3) is 0 Å². The Balaban J connectivity index is 1.96. The summed E-state index contributed by atoms with van der Waals surface area (Å²) in [6.45, 7) is 2.13. The van der Waals surface area contributed by atoms with Gasteiger partial charge in [0, 0.05) is 26.0 Å². The highest BCUT2D eigenvalue weighted by molar-refractivity contribution is 5.97. The van der Waals surface area contributed by atoms with Crippen molar-refractivity contribution in [3.05, 3.63) is 77.4 Å². The van der Waals surface area contributed by atoms with Gasteiger partial charge >= 0.3 is 29.8 Å². The molecule has 0 spiro atoms. The number of ether oxygens (including phenoxy) is 7. The van der Waals surface area contributed by atoms with Gasteiger partial charge in [0.05, 0.1) is 32.5 Å². The molecule has 0 saturated carbocycles. The smallest absolute Gasteiger partial charge is 0.349 e. The van der Waals surface area contributed by atoms with Crippen LogP contribution in [0.1, 0.15) is 40.1 Å². The summed E-state index contributed by atoms with van der Waals surface area (Å²) in [4.78, 5) is 75.0. The van der Waals surface area contributed by atoms with Crippen LogP contribution in [0.15, 0.2) is 60.7 Å². The van der Waals surface area contributed by atoms with E-state index < -0.39 is 48.0 Å². The molecular weight excluding hydrogens is 622 g/mol. The fourth-order valence-corrected chi connectivity index (χ4v) is 4.06. The van der Waals surface area contributed by atoms with Crippen LogP contribution in [0, 0.1) is 0 Å². The fourth-order valence-electron chi connectivity index (χ4n) is 4.06. The predicted molar refractivity (Wildman–Crippen MR) is 159 cm³/mol. The number of methoxy groups -OCH3 is 3. The molecule has 2 atom stereocenters. The molecule has 15 nitrogen and oxygen atoms in total. The number of esters is 4. The second-order valence-electron chi connectivity index (χ2n) is 9.44. The van der Waals surface area contributed by atoms with E-state index in [0.717, 1.165) is 26.0 Å². The summed E-state index contributed by atoms with van der Waals surface area (Å²) < 4.78 is 36.1. The van der Waals surface area contributed by atoms with E-state index in [1.807, 2.05) is 0 Å². The molecule has 3 aromatic rings. The zero-order valence-electron chi connectivity index (χ0n) is 25.9. The minimum absolute atomic E-state index is 0.0184. The van der Waals surface area contributed by atoms with E-state index in [0.29, 0.717) is 11.3 Å². The first-order chi connectivity index (χ1) is 22.4. The van der Waals surface area contributed by atoms with Crippen molar-refractivity contribution in [2.24, 2.45) is 0 Å². The van der Waals surface area contributed by atoms with Gasteiger partial charge in [-0.1, -0.05) is 18.2 Å². The zero-order valence-corrected chi connectivity index (χ0v) is 25.9. The molecule has 15 heteroatoms. The Morgan fingerprint density at radius 3 is 1.55 bits per heavy atom. The highest BCUT2D eigenvalue weighted by Gasteiger charge is 2.41. The minimum atomic E-state index is -2.36. The van der Waals surface area contributed by atoms with Crippen molar-refractivity contribution in [3.63, 3.8) is 0 Å². The number of hydrogen-bond donors (Lipinski definition) is 2. The molecule has 0 aliphatic heterocycles. The van der Waals surface area contributed by atoms with Gasteiger partial charge in [0.25, 0.3) is 5.91 Å². The molecule has 3 aromatic carbocycles. The van der Waals surface area contributed by atoms with Crippen LogP contribution in [0.2, 0.25) is 0 Å². The van der Waals surface area contributed by atoms with Crippen LogP contribution < -0.4 is 29.0 Å². The highest BCUT2D eigenvalue weighted by Crippen LogP contribution is 2.30. The second kappa shape index (κ2) is 16.3. The van der Waals surface area contributed by atoms with Crippen molar-refractivity contribution >= 4 is 35.8 Å². The molecule has 0 unspecified atom stereocenters. The van der Waals surface area contributed by atoms with Crippen molar-refractivity contribution in [2.45, 2.75) is 32.6 Å². The van der Waals surface area contributed by atoms with Crippen molar-refractivity contribution in [3.8, 4) is 28.7 Å². The molecule has 1 amide bonds. The average molecular weight is 654 g/mol. The summed E-state index contributed by atoms with van der Waals surface area (Å²) in [7, 11) is 3.91. The first-order valence-electron chi connectivity index (χ1n) is 13.7. The van der Waals surface area contributed by atoms with Crippen molar-refractivity contribution in [2.75, 3.05) is 21.3 Å². The van der Waals surface area contributed by atoms with Crippen molar-refractivity contribution < 1.29 is 67.0 Å². The second-order valence-corrected chi connectivity index (χ2v) is 9.44. The maximum atomic E-state index is 13.5. The lowest BCUT2D eigenvalue weighted by Crippen LogP contribution is -2.50. The highest BCUT2D eigenvalue weighted by atomic mass is 16.6. The number of rotatable bonds is 14. The number of hydrogen-bond acceptors (Lipinski definition) is 13. The number of carboxylic acids is 1. The number of carbonyl (C=O) groups excluding carboxylic acids is 5. The number of carbonyl (C=O) groups is 6. The van der Waals surface area contributed by atoms with E-state index in [1.165, 1.54) is 45.6 Å². The third kappa shape index (κ3) is 9.43. The molecule has 2 N–H and O–H groups in total. The molecule has 248 valence electrons. The lowest BCUT2D eigenvalue weighted by Gasteiger charge is -2.24. The average Bonchev–Trinajstić information content (AvgIpc) is 3.04. The largest absolute Gasteiger partial charge is 0.496 e. The molecular formula is C32H31NO14. The summed E-state index contributed by atoms with van der Waals surface area (Å²) in [5.41, 5.74) is 0.0407. The van der Waals surface area contributed by atoms with Crippen LogP contribution in [0.5, 0.6) is 28.7 Å². The number of para-hydroxylation sites is 1. The van der Waals surface area contributed by atoms with Gasteiger partial charge in [0.1, 0.15) is 5.75 Å². The van der Waals surface area contributed by atoms with E-state index in [1.54, 1.807) is 24.3 Å². The lowest BCUT2D eigenvalue weighted by atomic mass is 10.1. The van der Waals surface area contributed by atoms with Gasteiger partial charge in [0.15, 0.2) is 23.0 Å². The normalized spacial score (nSPS) is 11.6. The molecule has 47 heavy (non-hydrogen) atoms. The molecule has 0 aromatic heterocycles. The summed E-state index contributed by atoms with van der Waals surface area (Å²) in [5.74, 6) is -6.44. The molecule has 0 aliphatic carbocycles. The van der Waals surface area contributed by atoms with Gasteiger partial charge in [-0.05, 0) is 42.5 Å². The Kier molecular flexibility index (Phi) is 12.2. The van der Waals surface area contributed by atoms with Gasteiger partial charge in [-0.3, -0.25) is 14.4 Å². The van der Waals surface area contributed by atoms with E-state index >= 15 is 0 Å². The summed E-state index contributed by atoms with van der Waals surface area (Å²) in [5, 5.41) is 12.5. The third-order valence-electron chi connectivity index (χ3n) is 6.20. The Bertz CT molecular complexity index is 1670. The van der Waals surface area contributed by atoms with Crippen molar-refractivity contribution in [1.29, 1.82) is 0 Å². The molecule has 0 saturated heterocycles. The molecule has 0 bridgehead atoms. The molecule has 0 fully saturated rings. The topological polar surface area (TPSA) is 199 Å². The zero-order chi connectivity index (χ0) is 34.7. The van der Waals surface area contributed by atoms with Crippen LogP contribution in [0.4, 0.5) is 0 Å². The number of benzene rings is 3. The van der Waals surface area contributed by atoms with Gasteiger partial charge in [-0.25, -0.2) is 14.4 Å². The Morgan fingerprint density at radius 1 is 0.638 bits per heavy atom. The predicted octanol–water partition coefficient (Wildman–Crippen LogP) is 2.71. The van der Waals surface area contributed by atoms with E-state index in [4.69, 9.17) is 33.2 Å². The van der Waals surface area contributed by atoms with E-state index in [9.17, 15) is 33.9 Å². The monoisotopic (exact) mass is 653 g/mol. The maximum Gasteiger partial charge on any atom is 0.349 e. The number of aliphatic carboxylic acids is 1. The quantitative estimate of drug-likeness (QED) is 0.190. The molecule has 0 heterocycles. The van der Waals surface area contributed by atoms with Gasteiger partial charge in [-0.2, -0.15) is 0 Å². The standard InChI is InChI=1S/C32H31NO14/c1-17(34)44-23-12-10-19(14-25(23)42-4)31(39)46-27(29(36)33-16-21-8-6-7-9-22(21)41-3)28(30(37)38)47-32(40)20-11-13-24(45-18(2)35)26(15-20)43-5/h6-15,27-28H,16H2,1-5H3,(H,33,36)(H,37,38)/t27-,28-/m0/s1. The minimum Gasteiger partial charge on any atom is -0.496 e. The Morgan fingerprint density at radius 2 is 1.11 bits per heavy atom. The van der Waals surface area contributed by atoms with Gasteiger partial charge < -0.3 is 43.6 Å². The van der Waals surface area contributed by atoms with Crippen LogP contribution in [0.3, 0.4) is 0 Å². The molecule has 0 radical (unpaired) electrons. The van der Waals surface area contributed by atoms with Crippen LogP contribution in [-0.2, 0) is 35.2 Å². The first-order valence-corrected chi connectivity index (χ1v) is 13.7. The SMILES string of the molecule is COc1ccccc1CNC(=O)[C@@H](OC(=O)c1ccc(OC(C)=O)c(OC)c1)[C@H](OC(=O)c1ccc(OC(C)=O)c(OC)c1)C(=O)O. The maximum absolute atomic E-state index is 13.5. The number of nitrogens with one attached hydrogen (secondary N) is 1. The first kappa shape index (κ1) is 35.4. The van der Waals surface area contributed by atoms with E-state index in [2.05, 4.69) is 5.32 Å². The molecule has 3 rings (SSSR count). The number of carboxylic acid groups (broad SMARTS) is 1. The lowest BCUT2D eigenvalue weighted by molar-refractivity contribution is -0.159. The Hall–Kier alpha value is -6.12. The number of amides is 1. The van der Waals surface area contributed by atoms with Gasteiger partial charge in [-0.15, -0.1) is 0 Å². The third-order valence-corrected chi connectivity index (χ3v) is 6.20. The summed E-state index contributed by atoms with van der Waals surface area (Å²) >= 11 is 0. The summed E-state index contributed by atoms with van der Waals surface area (Å²) in [6, 6.07) is 13.7. The van der Waals surface area contributed by atoms with Crippen LogP contribution in [-0.4, -0.2) is 74.4 Å². The van der Waals surface area contributed by atoms with Crippen LogP contribution >= 0.6 is 0 Å². The summed E-state index contributed by atoms with van der Waals surface area (Å²) in [6.07, 6.45) is -4.58. The fraction of sp³-hybridized carbons (Fsp3) is 0.250. The molecule has 0 aliphatic rings. The van der Waals surface area contributed by atoms with Crippen molar-refractivity contribution in [1.82, 2.24) is 5.32 Å².